The Balaban J connectivity index is 2.57. The van der Waals surface area contributed by atoms with Crippen LogP contribution in [0.25, 0.3) is 0 Å². The zero-order chi connectivity index (χ0) is 15.0. The average molecular weight is 299 g/mol. The molecule has 0 fully saturated rings. The van der Waals surface area contributed by atoms with Gasteiger partial charge in [-0.3, -0.25) is 0 Å². The number of aryl methyl sites for hydroxylation is 1. The smallest absolute Gasteiger partial charge is 0.240 e. The number of sulfonamides is 1. The van der Waals surface area contributed by atoms with Crippen LogP contribution in [0.15, 0.2) is 29.2 Å². The third-order valence-corrected chi connectivity index (χ3v) is 4.45. The molecule has 0 aliphatic carbocycles. The van der Waals surface area contributed by atoms with E-state index in [9.17, 15) is 8.42 Å². The fourth-order valence-corrected chi connectivity index (χ4v) is 2.81. The molecule has 0 spiro atoms. The van der Waals surface area contributed by atoms with Crippen LogP contribution < -0.4 is 10.0 Å². The number of likely N-dealkylation sites (N-methyl/N-ethyl adjacent to an activating group) is 1. The minimum Gasteiger partial charge on any atom is -0.320 e. The van der Waals surface area contributed by atoms with Crippen LogP contribution in [0.2, 0.25) is 0 Å². The number of nitrogens with zero attached hydrogens (tertiary/aromatic N) is 1. The van der Waals surface area contributed by atoms with Crippen molar-refractivity contribution in [2.75, 3.05) is 40.8 Å². The predicted octanol–water partition coefficient (Wildman–Crippen LogP) is 0.679. The summed E-state index contributed by atoms with van der Waals surface area (Å²) < 4.78 is 26.7. The van der Waals surface area contributed by atoms with Crippen LogP contribution >= 0.6 is 0 Å². The average Bonchev–Trinajstić information content (AvgIpc) is 2.39. The molecular formula is C14H25N3O2S. The number of rotatable bonds is 9. The molecular weight excluding hydrogens is 274 g/mol. The van der Waals surface area contributed by atoms with Crippen LogP contribution in [-0.2, 0) is 16.4 Å². The molecule has 0 bridgehead atoms. The SMILES string of the molecule is CNCCCc1ccc(S(=O)(=O)NCCN(C)C)cc1. The van der Waals surface area contributed by atoms with E-state index in [1.165, 1.54) is 0 Å². The normalized spacial score (nSPS) is 12.0. The summed E-state index contributed by atoms with van der Waals surface area (Å²) in [5, 5.41) is 3.10. The first-order chi connectivity index (χ1) is 9.45. The minimum atomic E-state index is -3.39. The molecule has 0 aromatic heterocycles. The van der Waals surface area contributed by atoms with Gasteiger partial charge >= 0.3 is 0 Å². The third kappa shape index (κ3) is 6.00. The van der Waals surface area contributed by atoms with E-state index in [1.54, 1.807) is 12.1 Å². The highest BCUT2D eigenvalue weighted by Crippen LogP contribution is 2.11. The molecule has 1 aromatic rings. The molecule has 0 saturated carbocycles. The van der Waals surface area contributed by atoms with Gasteiger partial charge < -0.3 is 10.2 Å². The Morgan fingerprint density at radius 2 is 1.75 bits per heavy atom. The highest BCUT2D eigenvalue weighted by molar-refractivity contribution is 7.89. The van der Waals surface area contributed by atoms with Crippen LogP contribution in [0.3, 0.4) is 0 Å². The van der Waals surface area contributed by atoms with Crippen molar-refractivity contribution in [2.24, 2.45) is 0 Å². The Morgan fingerprint density at radius 3 is 2.30 bits per heavy atom. The van der Waals surface area contributed by atoms with E-state index in [4.69, 9.17) is 0 Å². The summed E-state index contributed by atoms with van der Waals surface area (Å²) in [6.07, 6.45) is 2.00. The summed E-state index contributed by atoms with van der Waals surface area (Å²) in [5.41, 5.74) is 1.16. The highest BCUT2D eigenvalue weighted by Gasteiger charge is 2.12. The number of hydrogen-bond acceptors (Lipinski definition) is 4. The third-order valence-electron chi connectivity index (χ3n) is 2.98. The summed E-state index contributed by atoms with van der Waals surface area (Å²) in [7, 11) is 2.36. The van der Waals surface area contributed by atoms with Gasteiger partial charge in [-0.15, -0.1) is 0 Å². The standard InChI is InChI=1S/C14H25N3O2S/c1-15-10-4-5-13-6-8-14(9-7-13)20(18,19)16-11-12-17(2)3/h6-9,15-16H,4-5,10-12H2,1-3H3. The van der Waals surface area contributed by atoms with Crippen molar-refractivity contribution in [3.63, 3.8) is 0 Å². The molecule has 0 aliphatic heterocycles. The van der Waals surface area contributed by atoms with Gasteiger partial charge in [0.05, 0.1) is 4.90 Å². The fourth-order valence-electron chi connectivity index (χ4n) is 1.79. The van der Waals surface area contributed by atoms with Gasteiger partial charge in [0, 0.05) is 13.1 Å². The number of benzene rings is 1. The minimum absolute atomic E-state index is 0.327. The molecule has 2 N–H and O–H groups in total. The molecule has 0 radical (unpaired) electrons. The lowest BCUT2D eigenvalue weighted by atomic mass is 10.1. The topological polar surface area (TPSA) is 61.4 Å². The van der Waals surface area contributed by atoms with E-state index in [0.29, 0.717) is 18.0 Å². The lowest BCUT2D eigenvalue weighted by Crippen LogP contribution is -2.31. The molecule has 5 nitrogen and oxygen atoms in total. The number of nitrogens with one attached hydrogen (secondary N) is 2. The molecule has 0 unspecified atom stereocenters. The second-order valence-electron chi connectivity index (χ2n) is 5.05. The van der Waals surface area contributed by atoms with Gasteiger partial charge in [0.2, 0.25) is 10.0 Å². The van der Waals surface area contributed by atoms with Crippen molar-refractivity contribution < 1.29 is 8.42 Å². The Labute approximate surface area is 122 Å². The molecule has 6 heteroatoms. The Hall–Kier alpha value is -0.950. The van der Waals surface area contributed by atoms with E-state index in [-0.39, 0.29) is 0 Å². The highest BCUT2D eigenvalue weighted by atomic mass is 32.2. The Bertz CT molecular complexity index is 484. The van der Waals surface area contributed by atoms with Crippen molar-refractivity contribution >= 4 is 10.0 Å². The van der Waals surface area contributed by atoms with E-state index in [0.717, 1.165) is 24.9 Å². The first-order valence-corrected chi connectivity index (χ1v) is 8.32. The van der Waals surface area contributed by atoms with Gasteiger partial charge in [-0.05, 0) is 58.2 Å². The van der Waals surface area contributed by atoms with Crippen LogP contribution in [0.5, 0.6) is 0 Å². The van der Waals surface area contributed by atoms with Crippen molar-refractivity contribution in [2.45, 2.75) is 17.7 Å². The van der Waals surface area contributed by atoms with E-state index < -0.39 is 10.0 Å². The summed E-state index contributed by atoms with van der Waals surface area (Å²) in [6, 6.07) is 7.12. The van der Waals surface area contributed by atoms with E-state index >= 15 is 0 Å². The summed E-state index contributed by atoms with van der Waals surface area (Å²) >= 11 is 0. The molecule has 1 rings (SSSR count). The van der Waals surface area contributed by atoms with Crippen LogP contribution in [0.4, 0.5) is 0 Å². The van der Waals surface area contributed by atoms with Gasteiger partial charge in [0.25, 0.3) is 0 Å². The second-order valence-corrected chi connectivity index (χ2v) is 6.82. The van der Waals surface area contributed by atoms with Crippen LogP contribution in [-0.4, -0.2) is 54.1 Å². The summed E-state index contributed by atoms with van der Waals surface area (Å²) in [4.78, 5) is 2.27. The largest absolute Gasteiger partial charge is 0.320 e. The summed E-state index contributed by atoms with van der Waals surface area (Å²) in [6.45, 7) is 2.06. The Kier molecular flexibility index (Phi) is 7.15. The zero-order valence-corrected chi connectivity index (χ0v) is 13.3. The second kappa shape index (κ2) is 8.36. The van der Waals surface area contributed by atoms with Crippen molar-refractivity contribution in [1.29, 1.82) is 0 Å². The van der Waals surface area contributed by atoms with E-state index in [1.807, 2.05) is 38.2 Å². The maximum absolute atomic E-state index is 12.0. The fraction of sp³-hybridized carbons (Fsp3) is 0.571. The molecule has 114 valence electrons. The van der Waals surface area contributed by atoms with Crippen molar-refractivity contribution in [3.8, 4) is 0 Å². The van der Waals surface area contributed by atoms with E-state index in [2.05, 4.69) is 10.0 Å². The maximum Gasteiger partial charge on any atom is 0.240 e. The molecule has 0 amide bonds. The zero-order valence-electron chi connectivity index (χ0n) is 12.5. The quantitative estimate of drug-likeness (QED) is 0.658. The monoisotopic (exact) mass is 299 g/mol. The molecule has 0 aliphatic rings. The maximum atomic E-state index is 12.0. The molecule has 0 saturated heterocycles. The van der Waals surface area contributed by atoms with Gasteiger partial charge in [0.15, 0.2) is 0 Å². The molecule has 0 atom stereocenters. The van der Waals surface area contributed by atoms with Crippen LogP contribution in [0, 0.1) is 0 Å². The Morgan fingerprint density at radius 1 is 1.10 bits per heavy atom. The lowest BCUT2D eigenvalue weighted by molar-refractivity contribution is 0.412. The first-order valence-electron chi connectivity index (χ1n) is 6.83. The number of hydrogen-bond donors (Lipinski definition) is 2. The lowest BCUT2D eigenvalue weighted by Gasteiger charge is -2.11. The predicted molar refractivity (Wildman–Crippen MR) is 82.4 cm³/mol. The van der Waals surface area contributed by atoms with Gasteiger partial charge in [-0.1, -0.05) is 12.1 Å². The van der Waals surface area contributed by atoms with Crippen molar-refractivity contribution in [3.05, 3.63) is 29.8 Å². The van der Waals surface area contributed by atoms with Gasteiger partial charge in [0.1, 0.15) is 0 Å². The molecule has 1 aromatic carbocycles. The first kappa shape index (κ1) is 17.1. The molecule has 0 heterocycles. The summed E-state index contributed by atoms with van der Waals surface area (Å²) in [5.74, 6) is 0. The van der Waals surface area contributed by atoms with Crippen LogP contribution in [0.1, 0.15) is 12.0 Å². The van der Waals surface area contributed by atoms with Crippen molar-refractivity contribution in [1.82, 2.24) is 14.9 Å². The van der Waals surface area contributed by atoms with Gasteiger partial charge in [-0.25, -0.2) is 13.1 Å². The molecule has 20 heavy (non-hydrogen) atoms. The van der Waals surface area contributed by atoms with Gasteiger partial charge in [-0.2, -0.15) is 0 Å².